The normalized spacial score (nSPS) is 18.3. The fourth-order valence-corrected chi connectivity index (χ4v) is 2.64. The SMILES string of the molecule is CCC1=C(C)CC(C(=O)C(S)C(C)(C)C(C)C)=C1. The number of thiol groups is 1. The van der Waals surface area contributed by atoms with Crippen LogP contribution in [0.15, 0.2) is 22.8 Å². The summed E-state index contributed by atoms with van der Waals surface area (Å²) >= 11 is 4.60. The van der Waals surface area contributed by atoms with Crippen LogP contribution in [0.25, 0.3) is 0 Å². The highest BCUT2D eigenvalue weighted by Crippen LogP contribution is 2.37. The first kappa shape index (κ1) is 15.6. The van der Waals surface area contributed by atoms with E-state index in [1.807, 2.05) is 0 Å². The average molecular weight is 266 g/mol. The van der Waals surface area contributed by atoms with Gasteiger partial charge >= 0.3 is 0 Å². The lowest BCUT2D eigenvalue weighted by Gasteiger charge is -2.34. The van der Waals surface area contributed by atoms with Crippen molar-refractivity contribution >= 4 is 18.4 Å². The van der Waals surface area contributed by atoms with Crippen LogP contribution in [0, 0.1) is 11.3 Å². The Kier molecular flexibility index (Phi) is 4.88. The van der Waals surface area contributed by atoms with Crippen molar-refractivity contribution in [1.29, 1.82) is 0 Å². The van der Waals surface area contributed by atoms with Gasteiger partial charge in [-0.1, -0.05) is 46.3 Å². The van der Waals surface area contributed by atoms with Gasteiger partial charge in [0.2, 0.25) is 0 Å². The molecule has 0 aromatic carbocycles. The highest BCUT2D eigenvalue weighted by atomic mass is 32.1. The van der Waals surface area contributed by atoms with Gasteiger partial charge in [-0.05, 0) is 36.7 Å². The molecule has 0 saturated heterocycles. The van der Waals surface area contributed by atoms with Gasteiger partial charge in [0.15, 0.2) is 5.78 Å². The molecular weight excluding hydrogens is 240 g/mol. The monoisotopic (exact) mass is 266 g/mol. The van der Waals surface area contributed by atoms with Crippen molar-refractivity contribution < 1.29 is 4.79 Å². The first-order valence-electron chi connectivity index (χ1n) is 6.83. The molecule has 1 atom stereocenters. The van der Waals surface area contributed by atoms with E-state index in [9.17, 15) is 4.79 Å². The molecule has 0 saturated carbocycles. The summed E-state index contributed by atoms with van der Waals surface area (Å²) in [6.07, 6.45) is 3.90. The maximum Gasteiger partial charge on any atom is 0.172 e. The second-order valence-corrected chi connectivity index (χ2v) is 6.76. The number of Topliss-reactive ketones (excluding diaryl/α,β-unsaturated/α-hetero) is 1. The van der Waals surface area contributed by atoms with E-state index in [4.69, 9.17) is 0 Å². The molecule has 0 fully saturated rings. The van der Waals surface area contributed by atoms with Crippen LogP contribution in [0.2, 0.25) is 0 Å². The van der Waals surface area contributed by atoms with Gasteiger partial charge in [0.25, 0.3) is 0 Å². The van der Waals surface area contributed by atoms with Crippen LogP contribution in [-0.4, -0.2) is 11.0 Å². The zero-order chi connectivity index (χ0) is 14.1. The van der Waals surface area contributed by atoms with Gasteiger partial charge < -0.3 is 0 Å². The summed E-state index contributed by atoms with van der Waals surface area (Å²) in [5, 5.41) is -0.215. The zero-order valence-corrected chi connectivity index (χ0v) is 13.4. The van der Waals surface area contributed by atoms with E-state index in [-0.39, 0.29) is 16.4 Å². The van der Waals surface area contributed by atoms with E-state index in [1.165, 1.54) is 11.1 Å². The van der Waals surface area contributed by atoms with Crippen molar-refractivity contribution in [3.63, 3.8) is 0 Å². The van der Waals surface area contributed by atoms with Crippen LogP contribution in [0.4, 0.5) is 0 Å². The van der Waals surface area contributed by atoms with Crippen LogP contribution in [0.3, 0.4) is 0 Å². The minimum atomic E-state index is -0.215. The lowest BCUT2D eigenvalue weighted by molar-refractivity contribution is -0.117. The Hall–Kier alpha value is -0.500. The maximum absolute atomic E-state index is 12.5. The van der Waals surface area contributed by atoms with Gasteiger partial charge in [0.05, 0.1) is 5.25 Å². The van der Waals surface area contributed by atoms with E-state index in [1.54, 1.807) is 0 Å². The summed E-state index contributed by atoms with van der Waals surface area (Å²) < 4.78 is 0. The van der Waals surface area contributed by atoms with Crippen molar-refractivity contribution in [2.45, 2.75) is 59.6 Å². The number of carbonyl (C=O) groups excluding carboxylic acids is 1. The Labute approximate surface area is 117 Å². The zero-order valence-electron chi connectivity index (χ0n) is 12.5. The molecule has 1 rings (SSSR count). The molecule has 0 N–H and O–H groups in total. The number of allylic oxidation sites excluding steroid dienone is 4. The molecule has 0 aliphatic heterocycles. The summed E-state index contributed by atoms with van der Waals surface area (Å²) in [7, 11) is 0. The molecule has 0 spiro atoms. The lowest BCUT2D eigenvalue weighted by atomic mass is 9.75. The second kappa shape index (κ2) is 5.64. The highest BCUT2D eigenvalue weighted by molar-refractivity contribution is 7.81. The predicted octanol–water partition coefficient (Wildman–Crippen LogP) is 4.59. The minimum Gasteiger partial charge on any atom is -0.293 e. The Bertz CT molecular complexity index is 399. The lowest BCUT2D eigenvalue weighted by Crippen LogP contribution is -2.37. The van der Waals surface area contributed by atoms with Gasteiger partial charge in [-0.3, -0.25) is 4.79 Å². The molecular formula is C16H26OS. The van der Waals surface area contributed by atoms with Crippen molar-refractivity contribution in [1.82, 2.24) is 0 Å². The van der Waals surface area contributed by atoms with Gasteiger partial charge in [-0.15, -0.1) is 0 Å². The van der Waals surface area contributed by atoms with E-state index in [0.29, 0.717) is 5.92 Å². The maximum atomic E-state index is 12.5. The van der Waals surface area contributed by atoms with E-state index >= 15 is 0 Å². The van der Waals surface area contributed by atoms with Crippen LogP contribution >= 0.6 is 12.6 Å². The summed E-state index contributed by atoms with van der Waals surface area (Å²) in [5.74, 6) is 0.644. The number of hydrogen-bond acceptors (Lipinski definition) is 2. The smallest absolute Gasteiger partial charge is 0.172 e. The molecule has 102 valence electrons. The Balaban J connectivity index is 2.86. The van der Waals surface area contributed by atoms with Gasteiger partial charge in [0.1, 0.15) is 0 Å². The topological polar surface area (TPSA) is 17.1 Å². The van der Waals surface area contributed by atoms with Crippen molar-refractivity contribution in [3.05, 3.63) is 22.8 Å². The number of hydrogen-bond donors (Lipinski definition) is 1. The van der Waals surface area contributed by atoms with Crippen molar-refractivity contribution in [2.75, 3.05) is 0 Å². The average Bonchev–Trinajstić information content (AvgIpc) is 2.68. The standard InChI is InChI=1S/C16H26OS/c1-7-12-9-13(8-11(12)4)14(17)15(18)16(5,6)10(2)3/h9-10,15,18H,7-8H2,1-6H3. The Morgan fingerprint density at radius 2 is 2.00 bits per heavy atom. The first-order valence-corrected chi connectivity index (χ1v) is 7.34. The highest BCUT2D eigenvalue weighted by Gasteiger charge is 2.36. The van der Waals surface area contributed by atoms with E-state index < -0.39 is 0 Å². The van der Waals surface area contributed by atoms with Gasteiger partial charge in [-0.25, -0.2) is 0 Å². The molecule has 1 aliphatic rings. The Morgan fingerprint density at radius 1 is 1.44 bits per heavy atom. The largest absolute Gasteiger partial charge is 0.293 e. The van der Waals surface area contributed by atoms with Crippen LogP contribution in [0.5, 0.6) is 0 Å². The molecule has 1 nitrogen and oxygen atoms in total. The third kappa shape index (κ3) is 2.90. The summed E-state index contributed by atoms with van der Waals surface area (Å²) in [6, 6.07) is 0. The summed E-state index contributed by atoms with van der Waals surface area (Å²) in [4.78, 5) is 12.5. The van der Waals surface area contributed by atoms with Crippen LogP contribution in [0.1, 0.15) is 54.4 Å². The van der Waals surface area contributed by atoms with Crippen molar-refractivity contribution in [3.8, 4) is 0 Å². The molecule has 0 aromatic heterocycles. The van der Waals surface area contributed by atoms with Crippen molar-refractivity contribution in [2.24, 2.45) is 11.3 Å². The molecule has 1 aliphatic carbocycles. The van der Waals surface area contributed by atoms with Gasteiger partial charge in [0, 0.05) is 5.57 Å². The molecule has 0 aromatic rings. The van der Waals surface area contributed by atoms with E-state index in [2.05, 4.69) is 60.2 Å². The number of ketones is 1. The molecule has 0 amide bonds. The van der Waals surface area contributed by atoms with Crippen LogP contribution < -0.4 is 0 Å². The molecule has 0 radical (unpaired) electrons. The van der Waals surface area contributed by atoms with Gasteiger partial charge in [-0.2, -0.15) is 12.6 Å². The third-order valence-corrected chi connectivity index (χ3v) is 5.39. The molecule has 0 bridgehead atoms. The summed E-state index contributed by atoms with van der Waals surface area (Å²) in [6.45, 7) is 12.8. The fraction of sp³-hybridized carbons (Fsp3) is 0.688. The first-order chi connectivity index (χ1) is 8.21. The number of carbonyl (C=O) groups is 1. The second-order valence-electron chi connectivity index (χ2n) is 6.25. The quantitative estimate of drug-likeness (QED) is 0.720. The van der Waals surface area contributed by atoms with E-state index in [0.717, 1.165) is 18.4 Å². The minimum absolute atomic E-state index is 0.0795. The molecule has 18 heavy (non-hydrogen) atoms. The Morgan fingerprint density at radius 3 is 2.39 bits per heavy atom. The third-order valence-electron chi connectivity index (χ3n) is 4.49. The summed E-state index contributed by atoms with van der Waals surface area (Å²) in [5.41, 5.74) is 3.52. The fourth-order valence-electron chi connectivity index (χ4n) is 2.18. The molecule has 2 heteroatoms. The molecule has 1 unspecified atom stereocenters. The predicted molar refractivity (Wildman–Crippen MR) is 82.1 cm³/mol. The molecule has 0 heterocycles. The number of rotatable bonds is 5. The van der Waals surface area contributed by atoms with Crippen LogP contribution in [-0.2, 0) is 4.79 Å².